The topological polar surface area (TPSA) is 42.2 Å². The number of rotatable bonds is 6. The number of carbonyl (C=O) groups excluding carboxylic acids is 1. The van der Waals surface area contributed by atoms with Crippen LogP contribution in [-0.2, 0) is 6.54 Å². The van der Waals surface area contributed by atoms with Crippen LogP contribution in [0.1, 0.15) is 15.9 Å². The first-order valence-electron chi connectivity index (χ1n) is 11.0. The van der Waals surface area contributed by atoms with E-state index in [-0.39, 0.29) is 5.91 Å². The minimum Gasteiger partial charge on any atom is -0.455 e. The van der Waals surface area contributed by atoms with E-state index in [1.165, 1.54) is 0 Å². The van der Waals surface area contributed by atoms with Gasteiger partial charge in [-0.15, -0.1) is 0 Å². The maximum Gasteiger partial charge on any atom is 0.256 e. The van der Waals surface area contributed by atoms with Crippen LogP contribution in [0.4, 0.5) is 0 Å². The summed E-state index contributed by atoms with van der Waals surface area (Å²) in [4.78, 5) is 13.7. The molecule has 1 heterocycles. The van der Waals surface area contributed by atoms with Crippen LogP contribution in [0.25, 0.3) is 33.8 Å². The molecule has 160 valence electrons. The molecule has 0 atom stereocenters. The van der Waals surface area contributed by atoms with Gasteiger partial charge < -0.3 is 9.73 Å². The molecule has 0 saturated heterocycles. The van der Waals surface area contributed by atoms with Gasteiger partial charge in [-0.05, 0) is 11.1 Å². The lowest BCUT2D eigenvalue weighted by atomic mass is 9.95. The molecule has 0 fully saturated rings. The van der Waals surface area contributed by atoms with Crippen molar-refractivity contribution in [3.63, 3.8) is 0 Å². The first-order valence-corrected chi connectivity index (χ1v) is 11.0. The average Bonchev–Trinajstić information content (AvgIpc) is 3.30. The zero-order valence-electron chi connectivity index (χ0n) is 18.1. The SMILES string of the molecule is O=C(NCc1ccccc1)c1c(-c2ccccc2)oc(-c2ccccc2)c1-c1ccccc1. The van der Waals surface area contributed by atoms with Crippen molar-refractivity contribution in [3.8, 4) is 33.8 Å². The van der Waals surface area contributed by atoms with Crippen molar-refractivity contribution in [2.45, 2.75) is 6.54 Å². The fraction of sp³-hybridized carbons (Fsp3) is 0.0333. The van der Waals surface area contributed by atoms with E-state index in [9.17, 15) is 4.79 Å². The van der Waals surface area contributed by atoms with Crippen LogP contribution in [0, 0.1) is 0 Å². The number of amides is 1. The largest absolute Gasteiger partial charge is 0.455 e. The van der Waals surface area contributed by atoms with Gasteiger partial charge >= 0.3 is 0 Å². The number of nitrogens with one attached hydrogen (secondary N) is 1. The maximum absolute atomic E-state index is 13.7. The molecule has 0 spiro atoms. The third-order valence-corrected chi connectivity index (χ3v) is 5.57. The normalized spacial score (nSPS) is 10.7. The zero-order valence-corrected chi connectivity index (χ0v) is 18.1. The van der Waals surface area contributed by atoms with Crippen molar-refractivity contribution in [1.82, 2.24) is 5.32 Å². The van der Waals surface area contributed by atoms with Gasteiger partial charge in [0.15, 0.2) is 0 Å². The van der Waals surface area contributed by atoms with Gasteiger partial charge in [0.1, 0.15) is 11.5 Å². The number of hydrogen-bond acceptors (Lipinski definition) is 2. The van der Waals surface area contributed by atoms with Crippen molar-refractivity contribution in [2.75, 3.05) is 0 Å². The summed E-state index contributed by atoms with van der Waals surface area (Å²) in [6, 6.07) is 39.6. The van der Waals surface area contributed by atoms with E-state index in [2.05, 4.69) is 5.32 Å². The fourth-order valence-corrected chi connectivity index (χ4v) is 3.98. The minimum absolute atomic E-state index is 0.164. The van der Waals surface area contributed by atoms with E-state index < -0.39 is 0 Å². The molecule has 0 radical (unpaired) electrons. The van der Waals surface area contributed by atoms with Gasteiger partial charge in [-0.3, -0.25) is 4.79 Å². The molecule has 1 aromatic heterocycles. The molecule has 0 saturated carbocycles. The van der Waals surface area contributed by atoms with Gasteiger partial charge in [-0.25, -0.2) is 0 Å². The predicted octanol–water partition coefficient (Wildman–Crippen LogP) is 7.21. The van der Waals surface area contributed by atoms with Crippen LogP contribution in [0.3, 0.4) is 0 Å². The molecule has 0 aliphatic carbocycles. The van der Waals surface area contributed by atoms with Crippen LogP contribution in [0.2, 0.25) is 0 Å². The van der Waals surface area contributed by atoms with Crippen molar-refractivity contribution >= 4 is 5.91 Å². The second-order valence-corrected chi connectivity index (χ2v) is 7.78. The summed E-state index contributed by atoms with van der Waals surface area (Å²) in [5.41, 5.74) is 5.11. The summed E-state index contributed by atoms with van der Waals surface area (Å²) >= 11 is 0. The molecule has 1 amide bonds. The summed E-state index contributed by atoms with van der Waals surface area (Å²) in [5.74, 6) is 1.09. The summed E-state index contributed by atoms with van der Waals surface area (Å²) in [6.45, 7) is 0.438. The molecule has 0 aliphatic rings. The van der Waals surface area contributed by atoms with E-state index in [0.29, 0.717) is 23.6 Å². The zero-order chi connectivity index (χ0) is 22.5. The highest BCUT2D eigenvalue weighted by Crippen LogP contribution is 2.43. The average molecular weight is 430 g/mol. The van der Waals surface area contributed by atoms with Crippen molar-refractivity contribution in [2.24, 2.45) is 0 Å². The van der Waals surface area contributed by atoms with Gasteiger partial charge in [0.2, 0.25) is 0 Å². The first-order chi connectivity index (χ1) is 16.3. The van der Waals surface area contributed by atoms with Crippen LogP contribution in [-0.4, -0.2) is 5.91 Å². The highest BCUT2D eigenvalue weighted by molar-refractivity contribution is 6.09. The van der Waals surface area contributed by atoms with Gasteiger partial charge in [-0.2, -0.15) is 0 Å². The van der Waals surface area contributed by atoms with E-state index in [4.69, 9.17) is 4.42 Å². The molecule has 4 aromatic carbocycles. The van der Waals surface area contributed by atoms with Crippen LogP contribution < -0.4 is 5.32 Å². The molecule has 3 heteroatoms. The lowest BCUT2D eigenvalue weighted by Gasteiger charge is -2.09. The van der Waals surface area contributed by atoms with Crippen molar-refractivity contribution in [3.05, 3.63) is 132 Å². The van der Waals surface area contributed by atoms with E-state index >= 15 is 0 Å². The summed E-state index contributed by atoms with van der Waals surface area (Å²) < 4.78 is 6.48. The Morgan fingerprint density at radius 1 is 0.576 bits per heavy atom. The lowest BCUT2D eigenvalue weighted by Crippen LogP contribution is -2.23. The van der Waals surface area contributed by atoms with Crippen LogP contribution in [0.5, 0.6) is 0 Å². The molecular formula is C30H23NO2. The highest BCUT2D eigenvalue weighted by Gasteiger charge is 2.28. The number of hydrogen-bond donors (Lipinski definition) is 1. The number of furan rings is 1. The van der Waals surface area contributed by atoms with Crippen LogP contribution >= 0.6 is 0 Å². The molecule has 0 aliphatic heterocycles. The van der Waals surface area contributed by atoms with Gasteiger partial charge in [0, 0.05) is 23.2 Å². The Bertz CT molecular complexity index is 1340. The van der Waals surface area contributed by atoms with E-state index in [0.717, 1.165) is 27.8 Å². The molecule has 5 aromatic rings. The van der Waals surface area contributed by atoms with Crippen molar-refractivity contribution < 1.29 is 9.21 Å². The lowest BCUT2D eigenvalue weighted by molar-refractivity contribution is 0.0951. The molecule has 33 heavy (non-hydrogen) atoms. The van der Waals surface area contributed by atoms with Crippen LogP contribution in [0.15, 0.2) is 126 Å². The molecule has 0 bridgehead atoms. The fourth-order valence-electron chi connectivity index (χ4n) is 3.98. The van der Waals surface area contributed by atoms with Crippen molar-refractivity contribution in [1.29, 1.82) is 0 Å². The molecule has 5 rings (SSSR count). The first kappa shape index (κ1) is 20.5. The third-order valence-electron chi connectivity index (χ3n) is 5.57. The second kappa shape index (κ2) is 9.41. The minimum atomic E-state index is -0.164. The Balaban J connectivity index is 1.69. The Morgan fingerprint density at radius 3 is 1.58 bits per heavy atom. The van der Waals surface area contributed by atoms with Gasteiger partial charge in [0.25, 0.3) is 5.91 Å². The standard InChI is InChI=1S/C30H23NO2/c32-30(31-21-22-13-5-1-6-14-22)27-26(23-15-7-2-8-16-23)28(24-17-9-3-10-18-24)33-29(27)25-19-11-4-12-20-25/h1-20H,21H2,(H,31,32). The third kappa shape index (κ3) is 4.35. The smallest absolute Gasteiger partial charge is 0.256 e. The second-order valence-electron chi connectivity index (χ2n) is 7.78. The van der Waals surface area contributed by atoms with E-state index in [1.807, 2.05) is 121 Å². The molecule has 3 nitrogen and oxygen atoms in total. The van der Waals surface area contributed by atoms with Gasteiger partial charge in [0.05, 0.1) is 5.56 Å². The van der Waals surface area contributed by atoms with E-state index in [1.54, 1.807) is 0 Å². The summed E-state index contributed by atoms with van der Waals surface area (Å²) in [7, 11) is 0. The summed E-state index contributed by atoms with van der Waals surface area (Å²) in [5, 5.41) is 3.10. The van der Waals surface area contributed by atoms with Gasteiger partial charge in [-0.1, -0.05) is 121 Å². The molecule has 1 N–H and O–H groups in total. The summed E-state index contributed by atoms with van der Waals surface area (Å²) in [6.07, 6.45) is 0. The molecular weight excluding hydrogens is 406 g/mol. The predicted molar refractivity (Wildman–Crippen MR) is 133 cm³/mol. The number of carbonyl (C=O) groups is 1. The number of benzene rings is 4. The monoisotopic (exact) mass is 429 g/mol. The maximum atomic E-state index is 13.7. The highest BCUT2D eigenvalue weighted by atomic mass is 16.3. The molecule has 0 unspecified atom stereocenters. The Hall–Kier alpha value is -4.37. The quantitative estimate of drug-likeness (QED) is 0.310. The Morgan fingerprint density at radius 2 is 1.03 bits per heavy atom. The Kier molecular flexibility index (Phi) is 5.85. The Labute approximate surface area is 193 Å².